The maximum Gasteiger partial charge on any atom is 0.253 e. The smallest absolute Gasteiger partial charge is 0.253 e. The molecule has 4 rings (SSSR count). The summed E-state index contributed by atoms with van der Waals surface area (Å²) in [5.74, 6) is 0.144. The number of likely N-dealkylation sites (tertiary alicyclic amines) is 1. The van der Waals surface area contributed by atoms with Crippen molar-refractivity contribution in [1.29, 1.82) is 0 Å². The zero-order valence-corrected chi connectivity index (χ0v) is 18.2. The number of rotatable bonds is 6. The average molecular weight is 441 g/mol. The van der Waals surface area contributed by atoms with Gasteiger partial charge < -0.3 is 19.3 Å². The van der Waals surface area contributed by atoms with Gasteiger partial charge in [-0.1, -0.05) is 24.3 Å². The Morgan fingerprint density at radius 2 is 1.78 bits per heavy atom. The maximum atomic E-state index is 13.7. The highest BCUT2D eigenvalue weighted by molar-refractivity contribution is 5.94. The molecule has 2 fully saturated rings. The van der Waals surface area contributed by atoms with Crippen molar-refractivity contribution < 1.29 is 23.5 Å². The van der Waals surface area contributed by atoms with Crippen LogP contribution in [0.1, 0.15) is 29.6 Å². The highest BCUT2D eigenvalue weighted by Crippen LogP contribution is 2.36. The van der Waals surface area contributed by atoms with Crippen molar-refractivity contribution in [3.63, 3.8) is 0 Å². The van der Waals surface area contributed by atoms with E-state index >= 15 is 0 Å². The zero-order valence-electron chi connectivity index (χ0n) is 18.2. The number of amides is 2. The van der Waals surface area contributed by atoms with Gasteiger partial charge >= 0.3 is 0 Å². The summed E-state index contributed by atoms with van der Waals surface area (Å²) in [6.45, 7) is 3.56. The van der Waals surface area contributed by atoms with Gasteiger partial charge in [-0.25, -0.2) is 4.39 Å². The van der Waals surface area contributed by atoms with Gasteiger partial charge in [0.15, 0.2) is 0 Å². The lowest BCUT2D eigenvalue weighted by atomic mass is 9.77. The molecular weight excluding hydrogens is 411 g/mol. The lowest BCUT2D eigenvalue weighted by Crippen LogP contribution is -2.52. The van der Waals surface area contributed by atoms with Crippen LogP contribution in [0, 0.1) is 11.2 Å². The second-order valence-corrected chi connectivity index (χ2v) is 8.61. The molecule has 0 aromatic heterocycles. The van der Waals surface area contributed by atoms with Crippen LogP contribution in [0.3, 0.4) is 0 Å². The number of hydrogen-bond acceptors (Lipinski definition) is 4. The van der Waals surface area contributed by atoms with Crippen molar-refractivity contribution in [1.82, 2.24) is 9.80 Å². The third-order valence-corrected chi connectivity index (χ3v) is 6.20. The zero-order chi connectivity index (χ0) is 22.4. The Morgan fingerprint density at radius 1 is 1.00 bits per heavy atom. The summed E-state index contributed by atoms with van der Waals surface area (Å²) in [5, 5.41) is 0. The van der Waals surface area contributed by atoms with Crippen LogP contribution in [-0.4, -0.2) is 67.6 Å². The molecule has 2 aromatic rings. The Balaban J connectivity index is 1.52. The van der Waals surface area contributed by atoms with Crippen LogP contribution in [0.25, 0.3) is 0 Å². The summed E-state index contributed by atoms with van der Waals surface area (Å²) in [5.41, 5.74) is -0.184. The number of carbonyl (C=O) groups is 2. The summed E-state index contributed by atoms with van der Waals surface area (Å²) in [6.07, 6.45) is 1.84. The van der Waals surface area contributed by atoms with E-state index < -0.39 is 11.2 Å². The second kappa shape index (κ2) is 10.1. The van der Waals surface area contributed by atoms with Crippen LogP contribution in [0.4, 0.5) is 4.39 Å². The highest BCUT2D eigenvalue weighted by atomic mass is 19.1. The SMILES string of the molecule is O=C(CC1(COc2ccccc2)CCCN(C(=O)c2cccc(F)c2)C1)N1CCOCC1. The molecule has 6 nitrogen and oxygen atoms in total. The van der Waals surface area contributed by atoms with E-state index in [1.54, 1.807) is 17.0 Å². The third kappa shape index (κ3) is 5.46. The molecule has 2 amide bonds. The minimum Gasteiger partial charge on any atom is -0.493 e. The molecule has 2 saturated heterocycles. The number of hydrogen-bond donors (Lipinski definition) is 0. The van der Waals surface area contributed by atoms with E-state index in [4.69, 9.17) is 9.47 Å². The predicted octanol–water partition coefficient (Wildman–Crippen LogP) is 3.38. The Bertz CT molecular complexity index is 933. The Morgan fingerprint density at radius 3 is 2.53 bits per heavy atom. The largest absolute Gasteiger partial charge is 0.493 e. The molecule has 1 unspecified atom stereocenters. The van der Waals surface area contributed by atoms with Crippen LogP contribution in [-0.2, 0) is 9.53 Å². The van der Waals surface area contributed by atoms with Gasteiger partial charge in [0.1, 0.15) is 11.6 Å². The van der Waals surface area contributed by atoms with Gasteiger partial charge in [0, 0.05) is 43.6 Å². The normalized spacial score (nSPS) is 21.3. The van der Waals surface area contributed by atoms with Crippen LogP contribution in [0.2, 0.25) is 0 Å². The Labute approximate surface area is 187 Å². The van der Waals surface area contributed by atoms with E-state index in [-0.39, 0.29) is 11.8 Å². The van der Waals surface area contributed by atoms with Gasteiger partial charge in [-0.3, -0.25) is 9.59 Å². The molecule has 7 heteroatoms. The molecule has 32 heavy (non-hydrogen) atoms. The number of nitrogens with zero attached hydrogens (tertiary/aromatic N) is 2. The minimum atomic E-state index is -0.507. The van der Waals surface area contributed by atoms with Crippen LogP contribution in [0.5, 0.6) is 5.75 Å². The van der Waals surface area contributed by atoms with E-state index in [9.17, 15) is 14.0 Å². The van der Waals surface area contributed by atoms with Gasteiger partial charge in [-0.05, 0) is 43.2 Å². The number of carbonyl (C=O) groups excluding carboxylic acids is 2. The van der Waals surface area contributed by atoms with Gasteiger partial charge in [0.25, 0.3) is 5.91 Å². The van der Waals surface area contributed by atoms with Crippen LogP contribution in [0.15, 0.2) is 54.6 Å². The van der Waals surface area contributed by atoms with Crippen LogP contribution >= 0.6 is 0 Å². The van der Waals surface area contributed by atoms with E-state index in [1.165, 1.54) is 12.1 Å². The molecule has 2 aromatic carbocycles. The molecule has 0 radical (unpaired) electrons. The monoisotopic (exact) mass is 440 g/mol. The van der Waals surface area contributed by atoms with Crippen LogP contribution < -0.4 is 4.74 Å². The average Bonchev–Trinajstić information content (AvgIpc) is 2.84. The minimum absolute atomic E-state index is 0.0602. The first kappa shape index (κ1) is 22.3. The molecule has 0 aliphatic carbocycles. The summed E-state index contributed by atoms with van der Waals surface area (Å²) < 4.78 is 25.2. The van der Waals surface area contributed by atoms with E-state index in [0.717, 1.165) is 18.6 Å². The summed E-state index contributed by atoms with van der Waals surface area (Å²) in [4.78, 5) is 29.8. The molecule has 2 aliphatic rings. The lowest BCUT2D eigenvalue weighted by Gasteiger charge is -2.43. The molecule has 0 saturated carbocycles. The summed E-state index contributed by atoms with van der Waals surface area (Å²) >= 11 is 0. The Hall–Kier alpha value is -2.93. The fraction of sp³-hybridized carbons (Fsp3) is 0.440. The fourth-order valence-corrected chi connectivity index (χ4v) is 4.50. The predicted molar refractivity (Wildman–Crippen MR) is 118 cm³/mol. The van der Waals surface area contributed by atoms with Crippen molar-refractivity contribution in [3.8, 4) is 5.75 Å². The second-order valence-electron chi connectivity index (χ2n) is 8.61. The first-order valence-electron chi connectivity index (χ1n) is 11.1. The quantitative estimate of drug-likeness (QED) is 0.691. The number of para-hydroxylation sites is 1. The first-order valence-corrected chi connectivity index (χ1v) is 11.1. The standard InChI is InChI=1S/C25H29FN2O4/c26-21-7-4-6-20(16-21)24(30)28-11-5-10-25(18-28,19-32-22-8-2-1-3-9-22)17-23(29)27-12-14-31-15-13-27/h1-4,6-9,16H,5,10-15,17-19H2. The van der Waals surface area contributed by atoms with E-state index in [2.05, 4.69) is 0 Å². The van der Waals surface area contributed by atoms with Gasteiger partial charge in [-0.15, -0.1) is 0 Å². The first-order chi connectivity index (χ1) is 15.5. The molecule has 0 bridgehead atoms. The summed E-state index contributed by atoms with van der Waals surface area (Å²) in [6, 6.07) is 15.3. The van der Waals surface area contributed by atoms with Gasteiger partial charge in [0.05, 0.1) is 19.8 Å². The van der Waals surface area contributed by atoms with Crippen molar-refractivity contribution in [3.05, 3.63) is 66.0 Å². The molecular formula is C25H29FN2O4. The lowest BCUT2D eigenvalue weighted by molar-refractivity contribution is -0.139. The van der Waals surface area contributed by atoms with Crippen molar-refractivity contribution >= 4 is 11.8 Å². The number of piperidine rings is 1. The van der Waals surface area contributed by atoms with Crippen molar-refractivity contribution in [2.45, 2.75) is 19.3 Å². The molecule has 2 heterocycles. The van der Waals surface area contributed by atoms with Crippen molar-refractivity contribution in [2.24, 2.45) is 5.41 Å². The summed E-state index contributed by atoms with van der Waals surface area (Å²) in [7, 11) is 0. The number of halogens is 1. The van der Waals surface area contributed by atoms with Gasteiger partial charge in [-0.2, -0.15) is 0 Å². The number of morpholine rings is 1. The molecule has 170 valence electrons. The molecule has 1 atom stereocenters. The molecule has 2 aliphatic heterocycles. The van der Waals surface area contributed by atoms with E-state index in [1.807, 2.05) is 35.2 Å². The highest BCUT2D eigenvalue weighted by Gasteiger charge is 2.41. The number of ether oxygens (including phenoxy) is 2. The number of benzene rings is 2. The fourth-order valence-electron chi connectivity index (χ4n) is 4.50. The Kier molecular flexibility index (Phi) is 7.05. The van der Waals surface area contributed by atoms with E-state index in [0.29, 0.717) is 58.0 Å². The van der Waals surface area contributed by atoms with Crippen molar-refractivity contribution in [2.75, 3.05) is 46.0 Å². The molecule has 0 spiro atoms. The van der Waals surface area contributed by atoms with Gasteiger partial charge in [0.2, 0.25) is 5.91 Å². The topological polar surface area (TPSA) is 59.1 Å². The third-order valence-electron chi connectivity index (χ3n) is 6.20. The maximum absolute atomic E-state index is 13.7. The molecule has 0 N–H and O–H groups in total.